The highest BCUT2D eigenvalue weighted by molar-refractivity contribution is 5.99. The van der Waals surface area contributed by atoms with Gasteiger partial charge >= 0.3 is 0 Å². The minimum atomic E-state index is -0.358. The van der Waals surface area contributed by atoms with Gasteiger partial charge in [0, 0.05) is 42.3 Å². The molecule has 1 aliphatic rings. The van der Waals surface area contributed by atoms with E-state index in [1.807, 2.05) is 55.1 Å². The number of aryl methyl sites for hydroxylation is 1. The fourth-order valence-corrected chi connectivity index (χ4v) is 5.46. The highest BCUT2D eigenvalue weighted by atomic mass is 19.1. The summed E-state index contributed by atoms with van der Waals surface area (Å²) in [5.41, 5.74) is 7.01. The smallest absolute Gasteiger partial charge is 0.135 e. The Hall–Kier alpha value is -4.57. The Morgan fingerprint density at radius 1 is 1.00 bits per heavy atom. The van der Waals surface area contributed by atoms with Crippen molar-refractivity contribution in [1.82, 2.24) is 39.6 Å². The maximum Gasteiger partial charge on any atom is 0.135 e. The maximum absolute atomic E-state index is 14.7. The number of hydrogen-bond acceptors (Lipinski definition) is 6. The van der Waals surface area contributed by atoms with Crippen molar-refractivity contribution in [1.29, 1.82) is 0 Å². The van der Waals surface area contributed by atoms with Gasteiger partial charge in [-0.3, -0.25) is 15.0 Å². The first-order valence-corrected chi connectivity index (χ1v) is 13.5. The first kappa shape index (κ1) is 24.5. The summed E-state index contributed by atoms with van der Waals surface area (Å²) in [7, 11) is 1.97. The molecule has 0 aliphatic carbocycles. The molecule has 6 heterocycles. The van der Waals surface area contributed by atoms with Crippen LogP contribution in [0.3, 0.4) is 0 Å². The minimum Gasteiger partial charge on any atom is -0.492 e. The molecule has 202 valence electrons. The van der Waals surface area contributed by atoms with Crippen molar-refractivity contribution < 1.29 is 9.13 Å². The lowest BCUT2D eigenvalue weighted by Crippen LogP contribution is -2.25. The van der Waals surface area contributed by atoms with Gasteiger partial charge in [0.2, 0.25) is 0 Å². The Morgan fingerprint density at radius 3 is 2.70 bits per heavy atom. The van der Waals surface area contributed by atoms with Gasteiger partial charge in [-0.2, -0.15) is 5.10 Å². The molecule has 9 nitrogen and oxygen atoms in total. The van der Waals surface area contributed by atoms with E-state index in [0.29, 0.717) is 29.3 Å². The molecule has 0 unspecified atom stereocenters. The number of rotatable bonds is 7. The van der Waals surface area contributed by atoms with Crippen molar-refractivity contribution in [3.8, 4) is 39.8 Å². The van der Waals surface area contributed by atoms with E-state index in [-0.39, 0.29) is 5.82 Å². The molecule has 2 N–H and O–H groups in total. The molecule has 1 aliphatic heterocycles. The Bertz CT molecular complexity index is 1850. The maximum atomic E-state index is 14.7. The highest BCUT2D eigenvalue weighted by Crippen LogP contribution is 2.34. The molecule has 0 spiro atoms. The summed E-state index contributed by atoms with van der Waals surface area (Å²) in [6.45, 7) is 5.53. The average Bonchev–Trinajstić information content (AvgIpc) is 3.75. The number of nitrogens with one attached hydrogen (secondary N) is 2. The van der Waals surface area contributed by atoms with Crippen LogP contribution >= 0.6 is 0 Å². The van der Waals surface area contributed by atoms with Gasteiger partial charge in [0.1, 0.15) is 35.2 Å². The first-order valence-electron chi connectivity index (χ1n) is 13.5. The van der Waals surface area contributed by atoms with E-state index in [1.54, 1.807) is 6.20 Å². The summed E-state index contributed by atoms with van der Waals surface area (Å²) in [5.74, 6) is 1.06. The molecule has 0 radical (unpaired) electrons. The number of H-pyrrole nitrogens is 2. The van der Waals surface area contributed by atoms with Crippen LogP contribution in [0.5, 0.6) is 5.75 Å². The topological polar surface area (TPSA) is 101 Å². The first-order chi connectivity index (χ1) is 19.5. The zero-order valence-corrected chi connectivity index (χ0v) is 22.4. The molecule has 10 heteroatoms. The second kappa shape index (κ2) is 9.87. The average molecular weight is 537 g/mol. The van der Waals surface area contributed by atoms with Crippen molar-refractivity contribution in [2.75, 3.05) is 26.2 Å². The number of nitrogens with zero attached hydrogens (tertiary/aromatic N) is 6. The molecule has 5 aromatic heterocycles. The number of benzene rings is 1. The van der Waals surface area contributed by atoms with Gasteiger partial charge < -0.3 is 14.3 Å². The minimum absolute atomic E-state index is 0.358. The van der Waals surface area contributed by atoms with Crippen LogP contribution in [-0.4, -0.2) is 65.8 Å². The van der Waals surface area contributed by atoms with Crippen molar-refractivity contribution in [2.24, 2.45) is 7.05 Å². The molecule has 0 amide bonds. The third kappa shape index (κ3) is 4.40. The van der Waals surface area contributed by atoms with Crippen LogP contribution in [0.4, 0.5) is 4.39 Å². The van der Waals surface area contributed by atoms with Crippen LogP contribution in [-0.2, 0) is 7.05 Å². The number of aromatic nitrogens is 7. The largest absolute Gasteiger partial charge is 0.492 e. The molecule has 0 atom stereocenters. The van der Waals surface area contributed by atoms with Crippen molar-refractivity contribution in [3.05, 3.63) is 66.5 Å². The molecule has 40 heavy (non-hydrogen) atoms. The highest BCUT2D eigenvalue weighted by Gasteiger charge is 2.18. The molecule has 1 saturated heterocycles. The summed E-state index contributed by atoms with van der Waals surface area (Å²) < 4.78 is 22.7. The number of hydrogen-bond donors (Lipinski definition) is 2. The van der Waals surface area contributed by atoms with E-state index < -0.39 is 0 Å². The lowest BCUT2D eigenvalue weighted by Gasteiger charge is -2.15. The number of aromatic amines is 2. The SMILES string of the molecule is Cc1ncc(-c2ccc3[nH]nc(-c4cc5c(-c6cc(F)cc(OCCN7CCCC7)c6)nccc5[nH]4)c3n2)n1C. The molecule has 7 rings (SSSR count). The molecule has 1 fully saturated rings. The van der Waals surface area contributed by atoms with Crippen molar-refractivity contribution >= 4 is 21.9 Å². The zero-order chi connectivity index (χ0) is 27.2. The monoisotopic (exact) mass is 536 g/mol. The quantitative estimate of drug-likeness (QED) is 0.280. The third-order valence-corrected chi connectivity index (χ3v) is 7.71. The van der Waals surface area contributed by atoms with Gasteiger partial charge in [0.15, 0.2) is 0 Å². The third-order valence-electron chi connectivity index (χ3n) is 7.71. The summed E-state index contributed by atoms with van der Waals surface area (Å²) >= 11 is 0. The summed E-state index contributed by atoms with van der Waals surface area (Å²) in [6.07, 6.45) is 6.01. The summed E-state index contributed by atoms with van der Waals surface area (Å²) in [5, 5.41) is 8.53. The summed E-state index contributed by atoms with van der Waals surface area (Å²) in [4.78, 5) is 19.8. The Kier molecular flexibility index (Phi) is 6.04. The standard InChI is InChI=1S/C30H29FN8O/c1-18-33-17-27(38(18)2)24-5-6-25-29(35-24)30(37-36-25)26-16-22-23(34-26)7-8-32-28(22)19-13-20(31)15-21(14-19)40-12-11-39-9-3-4-10-39/h5-8,13-17,34H,3-4,9-12H2,1-2H3,(H,36,37). The fraction of sp³-hybridized carbons (Fsp3) is 0.267. The van der Waals surface area contributed by atoms with Gasteiger partial charge in [-0.15, -0.1) is 0 Å². The van der Waals surface area contributed by atoms with Gasteiger partial charge in [-0.1, -0.05) is 0 Å². The van der Waals surface area contributed by atoms with Crippen LogP contribution in [0, 0.1) is 12.7 Å². The number of likely N-dealkylation sites (tertiary alicyclic amines) is 1. The van der Waals surface area contributed by atoms with E-state index in [0.717, 1.165) is 64.5 Å². The van der Waals surface area contributed by atoms with Crippen LogP contribution in [0.15, 0.2) is 54.9 Å². The molecule has 1 aromatic carbocycles. The van der Waals surface area contributed by atoms with E-state index >= 15 is 0 Å². The van der Waals surface area contributed by atoms with Crippen molar-refractivity contribution in [3.63, 3.8) is 0 Å². The molecule has 0 bridgehead atoms. The number of pyridine rings is 2. The lowest BCUT2D eigenvalue weighted by molar-refractivity contribution is 0.237. The number of imidazole rings is 1. The van der Waals surface area contributed by atoms with Gasteiger partial charge in [0.25, 0.3) is 0 Å². The number of halogens is 1. The van der Waals surface area contributed by atoms with Crippen LogP contribution < -0.4 is 4.74 Å². The Balaban J connectivity index is 1.23. The van der Waals surface area contributed by atoms with E-state index in [2.05, 4.69) is 30.0 Å². The van der Waals surface area contributed by atoms with E-state index in [4.69, 9.17) is 9.72 Å². The Morgan fingerprint density at radius 2 is 1.88 bits per heavy atom. The summed E-state index contributed by atoms with van der Waals surface area (Å²) in [6, 6.07) is 12.6. The van der Waals surface area contributed by atoms with Gasteiger partial charge in [-0.05, 0) is 69.3 Å². The van der Waals surface area contributed by atoms with Crippen molar-refractivity contribution in [2.45, 2.75) is 19.8 Å². The predicted octanol–water partition coefficient (Wildman–Crippen LogP) is 5.49. The second-order valence-electron chi connectivity index (χ2n) is 10.3. The van der Waals surface area contributed by atoms with E-state index in [9.17, 15) is 4.39 Å². The van der Waals surface area contributed by atoms with Crippen LogP contribution in [0.1, 0.15) is 18.7 Å². The second-order valence-corrected chi connectivity index (χ2v) is 10.3. The lowest BCUT2D eigenvalue weighted by atomic mass is 10.1. The van der Waals surface area contributed by atoms with E-state index in [1.165, 1.54) is 25.0 Å². The predicted molar refractivity (Wildman–Crippen MR) is 152 cm³/mol. The van der Waals surface area contributed by atoms with Gasteiger partial charge in [0.05, 0.1) is 34.5 Å². The van der Waals surface area contributed by atoms with Gasteiger partial charge in [-0.25, -0.2) is 14.4 Å². The Labute approximate surface area is 230 Å². The molecule has 6 aromatic rings. The molecular weight excluding hydrogens is 507 g/mol. The molecule has 0 saturated carbocycles. The number of ether oxygens (including phenoxy) is 1. The zero-order valence-electron chi connectivity index (χ0n) is 22.4. The van der Waals surface area contributed by atoms with Crippen LogP contribution in [0.2, 0.25) is 0 Å². The normalized spacial score (nSPS) is 14.1. The number of fused-ring (bicyclic) bond motifs is 2. The van der Waals surface area contributed by atoms with Crippen LogP contribution in [0.25, 0.3) is 56.0 Å². The molecular formula is C30H29FN8O. The fourth-order valence-electron chi connectivity index (χ4n) is 5.46.